The Kier molecular flexibility index (Phi) is 5.65. The summed E-state index contributed by atoms with van der Waals surface area (Å²) < 4.78 is 5.19. The zero-order valence-corrected chi connectivity index (χ0v) is 11.3. The largest absolute Gasteiger partial charge is 0.496 e. The van der Waals surface area contributed by atoms with E-state index in [4.69, 9.17) is 10.5 Å². The van der Waals surface area contributed by atoms with Crippen LogP contribution in [0.2, 0.25) is 0 Å². The summed E-state index contributed by atoms with van der Waals surface area (Å²) in [5.41, 5.74) is 7.67. The Morgan fingerprint density at radius 1 is 1.50 bits per heavy atom. The number of rotatable bonds is 6. The molecular formula is C14H22N2O2. The average molecular weight is 250 g/mol. The van der Waals surface area contributed by atoms with Crippen molar-refractivity contribution in [2.24, 2.45) is 11.7 Å². The second-order valence-electron chi connectivity index (χ2n) is 4.36. The van der Waals surface area contributed by atoms with Crippen molar-refractivity contribution >= 4 is 5.91 Å². The molecule has 0 saturated heterocycles. The minimum atomic E-state index is -0.0932. The zero-order chi connectivity index (χ0) is 13.5. The molecular weight excluding hydrogens is 228 g/mol. The van der Waals surface area contributed by atoms with Gasteiger partial charge in [-0.3, -0.25) is 4.79 Å². The number of nitrogens with one attached hydrogen (secondary N) is 1. The molecule has 4 heteroatoms. The molecule has 100 valence electrons. The molecule has 0 heterocycles. The van der Waals surface area contributed by atoms with Gasteiger partial charge in [-0.05, 0) is 30.5 Å². The number of methoxy groups -OCH3 is 1. The number of amides is 1. The van der Waals surface area contributed by atoms with Gasteiger partial charge in [0.15, 0.2) is 0 Å². The third-order valence-electron chi connectivity index (χ3n) is 3.07. The van der Waals surface area contributed by atoms with Gasteiger partial charge in [0, 0.05) is 19.0 Å². The number of carbonyl (C=O) groups excluding carboxylic acids is 1. The maximum atomic E-state index is 11.8. The van der Waals surface area contributed by atoms with Gasteiger partial charge in [0.25, 0.3) is 0 Å². The van der Waals surface area contributed by atoms with E-state index in [1.54, 1.807) is 7.11 Å². The van der Waals surface area contributed by atoms with Crippen LogP contribution in [0, 0.1) is 12.8 Å². The number of nitrogens with two attached hydrogens (primary N) is 1. The summed E-state index contributed by atoms with van der Waals surface area (Å²) in [5, 5.41) is 2.91. The van der Waals surface area contributed by atoms with Crippen LogP contribution in [-0.4, -0.2) is 19.6 Å². The summed E-state index contributed by atoms with van der Waals surface area (Å²) in [6.45, 7) is 4.87. The molecule has 0 aliphatic carbocycles. The highest BCUT2D eigenvalue weighted by Crippen LogP contribution is 2.18. The van der Waals surface area contributed by atoms with Crippen LogP contribution in [0.15, 0.2) is 18.2 Å². The number of ether oxygens (including phenoxy) is 1. The van der Waals surface area contributed by atoms with Crippen LogP contribution < -0.4 is 15.8 Å². The molecule has 0 radical (unpaired) electrons. The summed E-state index contributed by atoms with van der Waals surface area (Å²) in [6, 6.07) is 5.88. The molecule has 0 fully saturated rings. The van der Waals surface area contributed by atoms with Gasteiger partial charge in [-0.2, -0.15) is 0 Å². The lowest BCUT2D eigenvalue weighted by atomic mass is 10.1. The van der Waals surface area contributed by atoms with Crippen molar-refractivity contribution in [2.75, 3.05) is 13.7 Å². The van der Waals surface area contributed by atoms with Gasteiger partial charge in [-0.1, -0.05) is 19.1 Å². The molecule has 0 aliphatic rings. The first kappa shape index (κ1) is 14.5. The van der Waals surface area contributed by atoms with Crippen molar-refractivity contribution in [1.82, 2.24) is 5.32 Å². The second-order valence-corrected chi connectivity index (χ2v) is 4.36. The minimum absolute atomic E-state index is 0.0217. The van der Waals surface area contributed by atoms with Crippen LogP contribution in [-0.2, 0) is 11.3 Å². The molecule has 1 rings (SSSR count). The Labute approximate surface area is 109 Å². The van der Waals surface area contributed by atoms with E-state index < -0.39 is 0 Å². The molecule has 0 saturated carbocycles. The Balaban J connectivity index is 2.58. The van der Waals surface area contributed by atoms with Gasteiger partial charge in [-0.15, -0.1) is 0 Å². The molecule has 1 atom stereocenters. The quantitative estimate of drug-likeness (QED) is 0.806. The first-order valence-corrected chi connectivity index (χ1v) is 6.23. The Hall–Kier alpha value is -1.55. The van der Waals surface area contributed by atoms with Gasteiger partial charge < -0.3 is 15.8 Å². The lowest BCUT2D eigenvalue weighted by Gasteiger charge is -2.13. The van der Waals surface area contributed by atoms with E-state index in [2.05, 4.69) is 5.32 Å². The Morgan fingerprint density at radius 3 is 2.72 bits per heavy atom. The number of benzene rings is 1. The predicted octanol–water partition coefficient (Wildman–Crippen LogP) is 1.60. The monoisotopic (exact) mass is 250 g/mol. The van der Waals surface area contributed by atoms with E-state index in [0.717, 1.165) is 23.3 Å². The first-order chi connectivity index (χ1) is 8.62. The Morgan fingerprint density at radius 2 is 2.22 bits per heavy atom. The van der Waals surface area contributed by atoms with Gasteiger partial charge in [0.05, 0.1) is 7.11 Å². The molecule has 1 aromatic carbocycles. The van der Waals surface area contributed by atoms with E-state index in [0.29, 0.717) is 13.1 Å². The highest BCUT2D eigenvalue weighted by Gasteiger charge is 2.13. The molecule has 4 nitrogen and oxygen atoms in total. The summed E-state index contributed by atoms with van der Waals surface area (Å²) in [6.07, 6.45) is 0.768. The highest BCUT2D eigenvalue weighted by atomic mass is 16.5. The average Bonchev–Trinajstić information content (AvgIpc) is 2.38. The van der Waals surface area contributed by atoms with Crippen LogP contribution in [0.5, 0.6) is 5.75 Å². The number of carbonyl (C=O) groups is 1. The van der Waals surface area contributed by atoms with Crippen LogP contribution >= 0.6 is 0 Å². The van der Waals surface area contributed by atoms with E-state index >= 15 is 0 Å². The van der Waals surface area contributed by atoms with Crippen LogP contribution in [0.4, 0.5) is 0 Å². The zero-order valence-electron chi connectivity index (χ0n) is 11.3. The van der Waals surface area contributed by atoms with E-state index in [-0.39, 0.29) is 11.8 Å². The third-order valence-corrected chi connectivity index (χ3v) is 3.07. The molecule has 3 N–H and O–H groups in total. The third kappa shape index (κ3) is 3.74. The fourth-order valence-corrected chi connectivity index (χ4v) is 1.84. The van der Waals surface area contributed by atoms with Gasteiger partial charge in [0.2, 0.25) is 5.91 Å². The molecule has 0 spiro atoms. The molecule has 1 aromatic rings. The lowest BCUT2D eigenvalue weighted by Crippen LogP contribution is -2.34. The fraction of sp³-hybridized carbons (Fsp3) is 0.500. The Bertz CT molecular complexity index is 401. The van der Waals surface area contributed by atoms with Gasteiger partial charge in [0.1, 0.15) is 5.75 Å². The van der Waals surface area contributed by atoms with E-state index in [1.807, 2.05) is 32.0 Å². The van der Waals surface area contributed by atoms with Crippen molar-refractivity contribution in [1.29, 1.82) is 0 Å². The topological polar surface area (TPSA) is 64.4 Å². The fourth-order valence-electron chi connectivity index (χ4n) is 1.84. The van der Waals surface area contributed by atoms with Gasteiger partial charge >= 0.3 is 0 Å². The standard InChI is InChI=1S/C14H22N2O2/c1-4-12(8-15)14(17)16-9-11-5-6-13(18-3)10(2)7-11/h5-7,12H,4,8-9,15H2,1-3H3,(H,16,17). The SMILES string of the molecule is CCC(CN)C(=O)NCc1ccc(OC)c(C)c1. The number of hydrogen-bond donors (Lipinski definition) is 2. The summed E-state index contributed by atoms with van der Waals surface area (Å²) >= 11 is 0. The molecule has 0 aromatic heterocycles. The normalized spacial score (nSPS) is 12.0. The van der Waals surface area contributed by atoms with Crippen LogP contribution in [0.3, 0.4) is 0 Å². The highest BCUT2D eigenvalue weighted by molar-refractivity contribution is 5.78. The molecule has 1 amide bonds. The van der Waals surface area contributed by atoms with Crippen LogP contribution in [0.1, 0.15) is 24.5 Å². The van der Waals surface area contributed by atoms with Crippen molar-refractivity contribution < 1.29 is 9.53 Å². The first-order valence-electron chi connectivity index (χ1n) is 6.23. The van der Waals surface area contributed by atoms with Gasteiger partial charge in [-0.25, -0.2) is 0 Å². The maximum Gasteiger partial charge on any atom is 0.224 e. The van der Waals surface area contributed by atoms with Crippen molar-refractivity contribution in [2.45, 2.75) is 26.8 Å². The lowest BCUT2D eigenvalue weighted by molar-refractivity contribution is -0.124. The smallest absolute Gasteiger partial charge is 0.224 e. The second kappa shape index (κ2) is 7.01. The van der Waals surface area contributed by atoms with E-state index in [9.17, 15) is 4.79 Å². The number of hydrogen-bond acceptors (Lipinski definition) is 3. The van der Waals surface area contributed by atoms with E-state index in [1.165, 1.54) is 0 Å². The van der Waals surface area contributed by atoms with Crippen molar-refractivity contribution in [3.63, 3.8) is 0 Å². The summed E-state index contributed by atoms with van der Waals surface area (Å²) in [7, 11) is 1.65. The molecule has 18 heavy (non-hydrogen) atoms. The number of aryl methyl sites for hydroxylation is 1. The summed E-state index contributed by atoms with van der Waals surface area (Å²) in [4.78, 5) is 11.8. The summed E-state index contributed by atoms with van der Waals surface area (Å²) in [5.74, 6) is 0.788. The minimum Gasteiger partial charge on any atom is -0.496 e. The van der Waals surface area contributed by atoms with Crippen LogP contribution in [0.25, 0.3) is 0 Å². The predicted molar refractivity (Wildman–Crippen MR) is 72.4 cm³/mol. The van der Waals surface area contributed by atoms with Crippen molar-refractivity contribution in [3.8, 4) is 5.75 Å². The molecule has 0 aliphatic heterocycles. The molecule has 1 unspecified atom stereocenters. The molecule has 0 bridgehead atoms. The van der Waals surface area contributed by atoms with Crippen molar-refractivity contribution in [3.05, 3.63) is 29.3 Å². The maximum absolute atomic E-state index is 11.8.